The second-order valence-electron chi connectivity index (χ2n) is 35.2. The third-order valence-corrected chi connectivity index (χ3v) is 26.1. The summed E-state index contributed by atoms with van der Waals surface area (Å²) in [6.07, 6.45) is 1.29. The first kappa shape index (κ1) is 74.2. The highest BCUT2D eigenvalue weighted by molar-refractivity contribution is 7.00. The topological polar surface area (TPSA) is 73.8 Å². The molecule has 10 heteroatoms. The minimum Gasteiger partial charge on any atom is -0.497 e. The van der Waals surface area contributed by atoms with E-state index < -0.39 is 68.6 Å². The highest BCUT2D eigenvalue weighted by atomic mass is 28.4. The van der Waals surface area contributed by atoms with Crippen LogP contribution in [-0.4, -0.2) is 65.0 Å². The molecule has 0 saturated carbocycles. The fraction of sp³-hybridized carbons (Fsp3) is 0.506. The molecule has 8 nitrogen and oxygen atoms in total. The first-order valence-electron chi connectivity index (χ1n) is 34.3. The lowest BCUT2D eigenvalue weighted by Crippen LogP contribution is -2.76. The molecule has 0 N–H and O–H groups in total. The average Bonchev–Trinajstić information content (AvgIpc) is 1.55. The molecule has 0 aliphatic carbocycles. The second kappa shape index (κ2) is 26.0. The monoisotopic (exact) mass is 1300 g/mol. The summed E-state index contributed by atoms with van der Waals surface area (Å²) in [5.41, 5.74) is 12.5. The van der Waals surface area contributed by atoms with E-state index in [4.69, 9.17) is 33.2 Å². The van der Waals surface area contributed by atoms with Gasteiger partial charge in [0.2, 0.25) is 8.32 Å². The van der Waals surface area contributed by atoms with E-state index in [1.807, 2.05) is 28.4 Å². The molecule has 95 heavy (non-hydrogen) atoms. The minimum atomic E-state index is -4.59. The van der Waals surface area contributed by atoms with E-state index in [1.54, 1.807) is 21.3 Å². The molecule has 1 aliphatic rings. The molecule has 7 aromatic carbocycles. The Bertz CT molecular complexity index is 3340. The summed E-state index contributed by atoms with van der Waals surface area (Å²) in [5.74, 6) is 5.87. The molecule has 0 amide bonds. The van der Waals surface area contributed by atoms with Crippen molar-refractivity contribution in [2.45, 2.75) is 232 Å². The van der Waals surface area contributed by atoms with Gasteiger partial charge >= 0.3 is 6.92 Å². The largest absolute Gasteiger partial charge is 0.497 e. The molecule has 7 aromatic rings. The van der Waals surface area contributed by atoms with Crippen molar-refractivity contribution < 1.29 is 37.5 Å². The van der Waals surface area contributed by atoms with Crippen LogP contribution in [0.5, 0.6) is 40.2 Å². The number of methoxy groups -OCH3 is 7. The van der Waals surface area contributed by atoms with E-state index >= 15 is 0 Å². The van der Waals surface area contributed by atoms with Gasteiger partial charge in [-0.3, -0.25) is 0 Å². The third-order valence-electron chi connectivity index (χ3n) is 20.3. The molecule has 0 spiro atoms. The predicted molar refractivity (Wildman–Crippen MR) is 403 cm³/mol. The standard InChI is InChI=1S/C85H117BO8Si/c1-76(2,3)64-46-54(47-65(72(64)90-28)77(4,5)6)84(55-48-66(78(7,8)9)73(91-29)67(49-55)79(10,11)12)44-45-85(56-50-68(80(13,14)15)74(92-30)69(51-56)81(16,17)18,57-52-70(82(19,20)21)75(93-31)71(53-57)83(22,23)24)95(84,63-42-40-62(89-27)41-43-63)94-86(58-32-36-60(87-25)37-33-58)59-34-38-61(88-26)39-35-59/h32-43,46-53H,44-45H2,1-31H3. The van der Waals surface area contributed by atoms with Crippen molar-refractivity contribution >= 4 is 31.3 Å². The van der Waals surface area contributed by atoms with Crippen molar-refractivity contribution in [3.63, 3.8) is 0 Å². The van der Waals surface area contributed by atoms with Crippen molar-refractivity contribution in [3.05, 3.63) is 188 Å². The molecule has 1 heterocycles. The molecular weight excluding hydrogens is 1190 g/mol. The van der Waals surface area contributed by atoms with E-state index in [0.717, 1.165) is 101 Å². The summed E-state index contributed by atoms with van der Waals surface area (Å²) in [7, 11) is 8.06. The maximum absolute atomic E-state index is 9.75. The predicted octanol–water partition coefficient (Wildman–Crippen LogP) is 18.9. The Morgan fingerprint density at radius 1 is 0.274 bits per heavy atom. The number of hydrogen-bond donors (Lipinski definition) is 0. The molecule has 1 fully saturated rings. The molecule has 512 valence electrons. The van der Waals surface area contributed by atoms with Gasteiger partial charge in [-0.05, 0) is 131 Å². The highest BCUT2D eigenvalue weighted by Gasteiger charge is 2.75. The lowest BCUT2D eigenvalue weighted by atomic mass is 9.56. The summed E-state index contributed by atoms with van der Waals surface area (Å²) in [6.45, 7) is 55.4. The molecular formula is C85H117BO8Si. The Kier molecular flexibility index (Phi) is 20.3. The van der Waals surface area contributed by atoms with Gasteiger partial charge in [0.05, 0.1) is 49.8 Å². The summed E-state index contributed by atoms with van der Waals surface area (Å²) in [5, 5.41) is -0.968. The Morgan fingerprint density at radius 3 is 0.632 bits per heavy atom. The van der Waals surface area contributed by atoms with Crippen LogP contribution in [0.1, 0.15) is 246 Å². The van der Waals surface area contributed by atoms with Crippen LogP contribution in [0.4, 0.5) is 0 Å². The smallest absolute Gasteiger partial charge is 0.351 e. The molecule has 1 aliphatic heterocycles. The Hall–Kier alpha value is -6.62. The van der Waals surface area contributed by atoms with Crippen LogP contribution in [0.15, 0.2) is 121 Å². The lowest BCUT2D eigenvalue weighted by Gasteiger charge is -2.56. The zero-order chi connectivity index (χ0) is 71.0. The average molecular weight is 1310 g/mol. The van der Waals surface area contributed by atoms with Gasteiger partial charge in [0.25, 0.3) is 0 Å². The van der Waals surface area contributed by atoms with Crippen LogP contribution in [0, 0.1) is 0 Å². The van der Waals surface area contributed by atoms with Crippen LogP contribution in [0.3, 0.4) is 0 Å². The van der Waals surface area contributed by atoms with Crippen LogP contribution in [-0.2, 0) is 57.7 Å². The Morgan fingerprint density at radius 2 is 0.463 bits per heavy atom. The van der Waals surface area contributed by atoms with Crippen molar-refractivity contribution in [2.75, 3.05) is 49.8 Å². The Balaban J connectivity index is 1.94. The number of rotatable bonds is 16. The maximum Gasteiger partial charge on any atom is 0.351 e. The fourth-order valence-electron chi connectivity index (χ4n) is 15.3. The summed E-state index contributed by atoms with van der Waals surface area (Å²) in [6, 6.07) is 46.7. The normalized spacial score (nSPS) is 15.3. The molecule has 0 radical (unpaired) electrons. The first-order valence-corrected chi connectivity index (χ1v) is 36.3. The van der Waals surface area contributed by atoms with Gasteiger partial charge in [-0.15, -0.1) is 0 Å². The van der Waals surface area contributed by atoms with Crippen LogP contribution in [0.2, 0.25) is 0 Å². The molecule has 0 bridgehead atoms. The zero-order valence-electron chi connectivity index (χ0n) is 64.3. The molecule has 0 unspecified atom stereocenters. The molecule has 1 saturated heterocycles. The van der Waals surface area contributed by atoms with Crippen molar-refractivity contribution in [2.24, 2.45) is 0 Å². The van der Waals surface area contributed by atoms with Gasteiger partial charge < -0.3 is 37.5 Å². The van der Waals surface area contributed by atoms with Gasteiger partial charge in [0.15, 0.2) is 0 Å². The van der Waals surface area contributed by atoms with Crippen molar-refractivity contribution in [3.8, 4) is 40.2 Å². The van der Waals surface area contributed by atoms with Gasteiger partial charge in [0.1, 0.15) is 40.2 Å². The van der Waals surface area contributed by atoms with Gasteiger partial charge in [0, 0.05) is 54.6 Å². The third kappa shape index (κ3) is 13.5. The summed E-state index contributed by atoms with van der Waals surface area (Å²) < 4.78 is 55.4. The molecule has 0 aromatic heterocycles. The minimum absolute atomic E-state index is 0.399. The number of benzene rings is 7. The van der Waals surface area contributed by atoms with Crippen LogP contribution < -0.4 is 49.3 Å². The number of ether oxygens (including phenoxy) is 7. The van der Waals surface area contributed by atoms with Crippen molar-refractivity contribution in [1.82, 2.24) is 0 Å². The lowest BCUT2D eigenvalue weighted by molar-refractivity contribution is 0.379. The molecule has 8 rings (SSSR count). The summed E-state index contributed by atoms with van der Waals surface area (Å²) >= 11 is 0. The Labute approximate surface area is 576 Å². The van der Waals surface area contributed by atoms with Gasteiger partial charge in [-0.25, -0.2) is 0 Å². The fourth-order valence-corrected chi connectivity index (χ4v) is 22.0. The van der Waals surface area contributed by atoms with Crippen LogP contribution >= 0.6 is 0 Å². The van der Waals surface area contributed by atoms with Crippen LogP contribution in [0.25, 0.3) is 0 Å². The zero-order valence-corrected chi connectivity index (χ0v) is 65.3. The highest BCUT2D eigenvalue weighted by Crippen LogP contribution is 2.67. The SMILES string of the molecule is COc1ccc(B(O[Si]2(c3ccc(OC)cc3)C(c3cc(C(C)(C)C)c(OC)c(C(C)(C)C)c3)(c3cc(C(C)(C)C)c(OC)c(C(C)(C)C)c3)CCC2(c2cc(C(C)(C)C)c(OC)c(C(C)(C)C)c2)c2cc(C(C)(C)C)c(OC)c(C(C)(C)C)c2)c2ccc(OC)cc2)cc1. The first-order chi connectivity index (χ1) is 43.8. The van der Waals surface area contributed by atoms with E-state index in [-0.39, 0.29) is 0 Å². The van der Waals surface area contributed by atoms with Gasteiger partial charge in [-0.2, -0.15) is 0 Å². The van der Waals surface area contributed by atoms with Crippen molar-refractivity contribution in [1.29, 1.82) is 0 Å². The summed E-state index contributed by atoms with van der Waals surface area (Å²) in [4.78, 5) is 0. The quantitative estimate of drug-likeness (QED) is 0.0886. The van der Waals surface area contributed by atoms with E-state index in [2.05, 4.69) is 287 Å². The van der Waals surface area contributed by atoms with E-state index in [1.165, 1.54) is 22.3 Å². The number of hydrogen-bond acceptors (Lipinski definition) is 8. The van der Waals surface area contributed by atoms with Gasteiger partial charge in [-0.1, -0.05) is 251 Å². The van der Waals surface area contributed by atoms with E-state index in [9.17, 15) is 4.34 Å². The second-order valence-corrected chi connectivity index (χ2v) is 39.1. The van der Waals surface area contributed by atoms with E-state index in [0.29, 0.717) is 12.8 Å². The maximum atomic E-state index is 9.75. The molecule has 0 atom stereocenters.